The van der Waals surface area contributed by atoms with Gasteiger partial charge in [0.15, 0.2) is 24.1 Å². The molecule has 0 aromatic carbocycles. The molecule has 188 valence electrons. The second kappa shape index (κ2) is 11.1. The van der Waals surface area contributed by atoms with Gasteiger partial charge in [-0.05, 0) is 6.26 Å². The second-order valence-corrected chi connectivity index (χ2v) is 10.3. The highest BCUT2D eigenvalue weighted by Gasteiger charge is 2.54. The van der Waals surface area contributed by atoms with E-state index in [1.54, 1.807) is 11.8 Å². The van der Waals surface area contributed by atoms with Crippen molar-refractivity contribution in [3.63, 3.8) is 0 Å². The Morgan fingerprint density at radius 2 is 2.22 bits per heavy atom. The zero-order valence-corrected chi connectivity index (χ0v) is 21.4. The summed E-state index contributed by atoms with van der Waals surface area (Å²) in [5.41, 5.74) is 5.91. The molecule has 1 fully saturated rings. The Bertz CT molecular complexity index is 1260. The van der Waals surface area contributed by atoms with Gasteiger partial charge in [-0.2, -0.15) is 9.36 Å². The van der Waals surface area contributed by atoms with Gasteiger partial charge >= 0.3 is 5.97 Å². The third-order valence-corrected chi connectivity index (χ3v) is 7.85. The van der Waals surface area contributed by atoms with Crippen LogP contribution in [0, 0.1) is 0 Å². The molecular weight excluding hydrogens is 526 g/mol. The third kappa shape index (κ3) is 5.22. The summed E-state index contributed by atoms with van der Waals surface area (Å²) in [7, 11) is 0. The Morgan fingerprint density at radius 3 is 2.83 bits per heavy atom. The average molecular weight is 549 g/mol. The summed E-state index contributed by atoms with van der Waals surface area (Å²) in [5, 5.41) is 15.8. The molecule has 2 atom stereocenters. The number of anilines is 1. The Morgan fingerprint density at radius 1 is 1.47 bits per heavy atom. The van der Waals surface area contributed by atoms with Crippen molar-refractivity contribution in [3.05, 3.63) is 54.3 Å². The van der Waals surface area contributed by atoms with Gasteiger partial charge < -0.3 is 21.0 Å². The number of amides is 2. The molecule has 36 heavy (non-hydrogen) atoms. The van der Waals surface area contributed by atoms with Gasteiger partial charge in [0.2, 0.25) is 11.5 Å². The Kier molecular flexibility index (Phi) is 7.91. The van der Waals surface area contributed by atoms with Crippen molar-refractivity contribution in [2.45, 2.75) is 22.9 Å². The van der Waals surface area contributed by atoms with Crippen molar-refractivity contribution in [2.24, 2.45) is 5.16 Å². The monoisotopic (exact) mass is 548 g/mol. The van der Waals surface area contributed by atoms with E-state index in [0.29, 0.717) is 17.9 Å². The summed E-state index contributed by atoms with van der Waals surface area (Å²) in [4.78, 5) is 49.4. The molecule has 0 bridgehead atoms. The Labute approximate surface area is 218 Å². The number of pyridine rings is 1. The van der Waals surface area contributed by atoms with E-state index < -0.39 is 29.2 Å². The number of hydrogen-bond acceptors (Lipinski definition) is 11. The van der Waals surface area contributed by atoms with Crippen LogP contribution < -0.4 is 15.6 Å². The largest absolute Gasteiger partial charge is 0.477 e. The number of nitrogens with one attached hydrogen (secondary N) is 1. The quantitative estimate of drug-likeness (QED) is 0.0723. The lowest BCUT2D eigenvalue weighted by Gasteiger charge is -2.49. The summed E-state index contributed by atoms with van der Waals surface area (Å²) in [6, 6.07) is 2.92. The number of nitrogens with two attached hydrogens (primary N) is 1. The first kappa shape index (κ1) is 25.7. The van der Waals surface area contributed by atoms with E-state index >= 15 is 0 Å². The standard InChI is InChI=1S/C21H21N7O5S3/c1-3-8-33-25-13(16-24-21(22)36-26-16)17(29)23-14-18(30)28-15(20(31)32)11(10-35-19(14)28)9-27-6-4-12(34-2)5-7-27/h3-7,14,19H,1,8-10H2,2H3,(H3-,22,23,24,26,29,31,32)/p+1/t14?,19-/m1/s1. The van der Waals surface area contributed by atoms with E-state index in [4.69, 9.17) is 10.6 Å². The van der Waals surface area contributed by atoms with Crippen LogP contribution in [0.5, 0.6) is 0 Å². The molecule has 2 amide bonds. The first-order chi connectivity index (χ1) is 17.3. The van der Waals surface area contributed by atoms with Crippen molar-refractivity contribution in [1.82, 2.24) is 19.6 Å². The van der Waals surface area contributed by atoms with Crippen molar-refractivity contribution < 1.29 is 28.9 Å². The van der Waals surface area contributed by atoms with Crippen molar-refractivity contribution in [2.75, 3.05) is 24.3 Å². The van der Waals surface area contributed by atoms with Crippen LogP contribution in [0.2, 0.25) is 0 Å². The second-order valence-electron chi connectivity index (χ2n) is 7.51. The van der Waals surface area contributed by atoms with Gasteiger partial charge in [-0.15, -0.1) is 23.5 Å². The van der Waals surface area contributed by atoms with Crippen LogP contribution in [0.1, 0.15) is 5.82 Å². The average Bonchev–Trinajstić information content (AvgIpc) is 3.30. The van der Waals surface area contributed by atoms with E-state index in [2.05, 4.69) is 26.4 Å². The van der Waals surface area contributed by atoms with Gasteiger partial charge in [0.1, 0.15) is 23.7 Å². The number of oxime groups is 1. The van der Waals surface area contributed by atoms with Gasteiger partial charge in [-0.3, -0.25) is 14.5 Å². The van der Waals surface area contributed by atoms with E-state index in [-0.39, 0.29) is 29.0 Å². The molecule has 1 unspecified atom stereocenters. The molecule has 4 rings (SSSR count). The smallest absolute Gasteiger partial charge is 0.352 e. The van der Waals surface area contributed by atoms with Crippen LogP contribution in [0.15, 0.2) is 58.5 Å². The van der Waals surface area contributed by atoms with Crippen LogP contribution in [-0.4, -0.2) is 72.9 Å². The summed E-state index contributed by atoms with van der Waals surface area (Å²) < 4.78 is 5.84. The highest BCUT2D eigenvalue weighted by molar-refractivity contribution is 8.00. The van der Waals surface area contributed by atoms with Crippen LogP contribution in [0.3, 0.4) is 0 Å². The van der Waals surface area contributed by atoms with Crippen molar-refractivity contribution in [3.8, 4) is 0 Å². The minimum Gasteiger partial charge on any atom is -0.477 e. The number of hydrogen-bond donors (Lipinski definition) is 3. The number of aromatic nitrogens is 3. The van der Waals surface area contributed by atoms with E-state index in [0.717, 1.165) is 16.4 Å². The highest BCUT2D eigenvalue weighted by atomic mass is 32.2. The molecule has 0 radical (unpaired) electrons. The SMILES string of the molecule is C=CCON=C(C(=O)NC1C(=O)N2C(C(=O)O)=C(C[n+]3ccc(SC)cc3)CS[C@H]12)c1nsc(N)n1. The zero-order valence-electron chi connectivity index (χ0n) is 19.0. The van der Waals surface area contributed by atoms with Crippen molar-refractivity contribution >= 4 is 63.7 Å². The predicted molar refractivity (Wildman–Crippen MR) is 135 cm³/mol. The Balaban J connectivity index is 1.52. The number of thioether (sulfide) groups is 2. The molecular formula is C21H22N7O5S3+. The molecule has 2 aliphatic heterocycles. The van der Waals surface area contributed by atoms with Crippen LogP contribution in [0.25, 0.3) is 0 Å². The molecule has 0 saturated carbocycles. The molecule has 4 heterocycles. The number of carboxylic acids is 1. The lowest BCUT2D eigenvalue weighted by Crippen LogP contribution is -2.71. The lowest BCUT2D eigenvalue weighted by molar-refractivity contribution is -0.689. The fourth-order valence-corrected chi connectivity index (χ4v) is 5.75. The molecule has 4 N–H and O–H groups in total. The summed E-state index contributed by atoms with van der Waals surface area (Å²) >= 11 is 3.86. The maximum absolute atomic E-state index is 13.0. The number of nitrogens with zero attached hydrogens (tertiary/aromatic N) is 5. The van der Waals surface area contributed by atoms with E-state index in [1.165, 1.54) is 22.7 Å². The van der Waals surface area contributed by atoms with Gasteiger partial charge in [0, 0.05) is 39.9 Å². The molecule has 2 aliphatic rings. The van der Waals surface area contributed by atoms with Gasteiger partial charge in [-0.1, -0.05) is 17.8 Å². The zero-order chi connectivity index (χ0) is 25.8. The minimum atomic E-state index is -1.20. The first-order valence-electron chi connectivity index (χ1n) is 10.5. The topological polar surface area (TPSA) is 164 Å². The number of nitrogen functional groups attached to an aromatic ring is 1. The number of rotatable bonds is 10. The van der Waals surface area contributed by atoms with E-state index in [1.807, 2.05) is 35.3 Å². The maximum atomic E-state index is 13.0. The number of β-lactam (4-membered cyclic amide) rings is 1. The summed E-state index contributed by atoms with van der Waals surface area (Å²) in [6.45, 7) is 3.88. The van der Waals surface area contributed by atoms with Crippen LogP contribution >= 0.6 is 35.1 Å². The fraction of sp³-hybridized carbons (Fsp3) is 0.286. The first-order valence-corrected chi connectivity index (χ1v) is 13.5. The van der Waals surface area contributed by atoms with Crippen LogP contribution in [-0.2, 0) is 25.8 Å². The number of carbonyl (C=O) groups is 3. The lowest BCUT2D eigenvalue weighted by atomic mass is 10.0. The van der Waals surface area contributed by atoms with Crippen molar-refractivity contribution in [1.29, 1.82) is 0 Å². The maximum Gasteiger partial charge on any atom is 0.352 e. The van der Waals surface area contributed by atoms with Gasteiger partial charge in [-0.25, -0.2) is 9.36 Å². The number of carbonyl (C=O) groups excluding carboxylic acids is 2. The van der Waals surface area contributed by atoms with Crippen LogP contribution in [0.4, 0.5) is 5.13 Å². The molecule has 2 aromatic heterocycles. The molecule has 1 saturated heterocycles. The molecule has 0 aliphatic carbocycles. The van der Waals surface area contributed by atoms with Gasteiger partial charge in [0.25, 0.3) is 11.8 Å². The summed E-state index contributed by atoms with van der Waals surface area (Å²) in [6.07, 6.45) is 7.15. The highest BCUT2D eigenvalue weighted by Crippen LogP contribution is 2.40. The molecule has 2 aromatic rings. The number of carboxylic acid groups (broad SMARTS) is 1. The minimum absolute atomic E-state index is 0.0403. The Hall–Kier alpha value is -3.43. The number of aliphatic carboxylic acids is 1. The van der Waals surface area contributed by atoms with E-state index in [9.17, 15) is 19.5 Å². The summed E-state index contributed by atoms with van der Waals surface area (Å²) in [5.74, 6) is -2.14. The number of fused-ring (bicyclic) bond motifs is 1. The predicted octanol–water partition coefficient (Wildman–Crippen LogP) is 0.475. The third-order valence-electron chi connectivity index (χ3n) is 5.22. The molecule has 0 spiro atoms. The normalized spacial score (nSPS) is 19.4. The molecule has 15 heteroatoms. The fourth-order valence-electron chi connectivity index (χ4n) is 3.59. The molecule has 12 nitrogen and oxygen atoms in total. The van der Waals surface area contributed by atoms with Gasteiger partial charge in [0.05, 0.1) is 0 Å².